The minimum absolute atomic E-state index is 0.0416. The lowest BCUT2D eigenvalue weighted by molar-refractivity contribution is -0.0352. The second-order valence-electron chi connectivity index (χ2n) is 10.4. The Hall–Kier alpha value is -0.0400. The van der Waals surface area contributed by atoms with Crippen LogP contribution in [0.5, 0.6) is 0 Å². The molecule has 1 nitrogen and oxygen atoms in total. The Bertz CT molecular complexity index is 322. The molecule has 0 aromatic carbocycles. The zero-order valence-electron chi connectivity index (χ0n) is 22.0. The highest BCUT2D eigenvalue weighted by Gasteiger charge is 2.28. The lowest BCUT2D eigenvalue weighted by Crippen LogP contribution is -2.33. The third-order valence-electron chi connectivity index (χ3n) is 7.32. The summed E-state index contributed by atoms with van der Waals surface area (Å²) in [4.78, 5) is 0. The van der Waals surface area contributed by atoms with Crippen molar-refractivity contribution in [3.63, 3.8) is 0 Å². The van der Waals surface area contributed by atoms with Crippen molar-refractivity contribution in [2.45, 2.75) is 175 Å². The van der Waals surface area contributed by atoms with Crippen LogP contribution in [0.25, 0.3) is 0 Å². The number of hydrogen-bond donors (Lipinski definition) is 0. The maximum atomic E-state index is 5.87. The molecule has 0 saturated carbocycles. The molecule has 1 unspecified atom stereocenters. The van der Waals surface area contributed by atoms with Crippen LogP contribution in [0.15, 0.2) is 0 Å². The molecule has 0 fully saturated rings. The summed E-state index contributed by atoms with van der Waals surface area (Å²) >= 11 is 0. The highest BCUT2D eigenvalue weighted by Crippen LogP contribution is 2.31. The Morgan fingerprint density at radius 2 is 0.733 bits per heavy atom. The van der Waals surface area contributed by atoms with Crippen LogP contribution in [0.1, 0.15) is 169 Å². The van der Waals surface area contributed by atoms with E-state index >= 15 is 0 Å². The summed E-state index contributed by atoms with van der Waals surface area (Å²) in [7, 11) is 1.90. The summed E-state index contributed by atoms with van der Waals surface area (Å²) in [6, 6.07) is 0. The molecule has 0 aliphatic carbocycles. The fraction of sp³-hybridized carbons (Fsp3) is 1.00. The summed E-state index contributed by atoms with van der Waals surface area (Å²) in [5, 5.41) is 0. The maximum Gasteiger partial charge on any atom is 0.0650 e. The van der Waals surface area contributed by atoms with Gasteiger partial charge in [0.2, 0.25) is 0 Å². The molecule has 0 aliphatic heterocycles. The molecule has 0 rings (SSSR count). The van der Waals surface area contributed by atoms with Crippen LogP contribution in [-0.2, 0) is 4.74 Å². The normalized spacial score (nSPS) is 13.1. The van der Waals surface area contributed by atoms with Crippen LogP contribution in [0.2, 0.25) is 0 Å². The average Bonchev–Trinajstić information content (AvgIpc) is 2.74. The van der Waals surface area contributed by atoms with Crippen LogP contribution in [0.4, 0.5) is 0 Å². The van der Waals surface area contributed by atoms with Gasteiger partial charge >= 0.3 is 0 Å². The van der Waals surface area contributed by atoms with Gasteiger partial charge in [0, 0.05) is 7.11 Å². The molecule has 182 valence electrons. The number of ether oxygens (including phenoxy) is 1. The topological polar surface area (TPSA) is 9.23 Å². The minimum Gasteiger partial charge on any atom is -0.379 e. The molecule has 0 N–H and O–H groups in total. The van der Waals surface area contributed by atoms with Crippen molar-refractivity contribution >= 4 is 0 Å². The molecule has 0 saturated heterocycles. The van der Waals surface area contributed by atoms with Crippen LogP contribution in [0, 0.1) is 5.92 Å². The Morgan fingerprint density at radius 1 is 0.467 bits per heavy atom. The first-order chi connectivity index (χ1) is 14.6. The maximum absolute atomic E-state index is 5.87. The largest absolute Gasteiger partial charge is 0.379 e. The van der Waals surface area contributed by atoms with Gasteiger partial charge in [-0.1, -0.05) is 142 Å². The van der Waals surface area contributed by atoms with E-state index in [1.54, 1.807) is 0 Å². The van der Waals surface area contributed by atoms with Gasteiger partial charge in [0.05, 0.1) is 5.60 Å². The van der Waals surface area contributed by atoms with Gasteiger partial charge in [-0.3, -0.25) is 0 Å². The Morgan fingerprint density at radius 3 is 1.00 bits per heavy atom. The van der Waals surface area contributed by atoms with Crippen LogP contribution in [-0.4, -0.2) is 12.7 Å². The lowest BCUT2D eigenvalue weighted by Gasteiger charge is -2.33. The van der Waals surface area contributed by atoms with Crippen molar-refractivity contribution < 1.29 is 4.74 Å². The molecule has 0 spiro atoms. The van der Waals surface area contributed by atoms with E-state index in [4.69, 9.17) is 4.74 Å². The van der Waals surface area contributed by atoms with Crippen molar-refractivity contribution in [1.29, 1.82) is 0 Å². The van der Waals surface area contributed by atoms with Crippen molar-refractivity contribution in [3.8, 4) is 0 Å². The quantitative estimate of drug-likeness (QED) is 0.140. The third kappa shape index (κ3) is 18.7. The highest BCUT2D eigenvalue weighted by molar-refractivity contribution is 4.79. The minimum atomic E-state index is 0.0416. The van der Waals surface area contributed by atoms with Gasteiger partial charge in [-0.25, -0.2) is 0 Å². The summed E-state index contributed by atoms with van der Waals surface area (Å²) in [5.41, 5.74) is 0.0416. The van der Waals surface area contributed by atoms with E-state index in [1.165, 1.54) is 141 Å². The summed E-state index contributed by atoms with van der Waals surface area (Å²) < 4.78 is 5.87. The Balaban J connectivity index is 3.64. The molecule has 0 aromatic rings. The van der Waals surface area contributed by atoms with E-state index in [0.29, 0.717) is 0 Å². The molecule has 0 amide bonds. The van der Waals surface area contributed by atoms with E-state index < -0.39 is 0 Å². The van der Waals surface area contributed by atoms with Gasteiger partial charge < -0.3 is 4.74 Å². The zero-order valence-corrected chi connectivity index (χ0v) is 22.0. The fourth-order valence-corrected chi connectivity index (χ4v) is 4.76. The van der Waals surface area contributed by atoms with Gasteiger partial charge in [-0.2, -0.15) is 0 Å². The zero-order chi connectivity index (χ0) is 22.3. The lowest BCUT2D eigenvalue weighted by atomic mass is 9.82. The average molecular weight is 425 g/mol. The van der Waals surface area contributed by atoms with Gasteiger partial charge in [0.15, 0.2) is 0 Å². The van der Waals surface area contributed by atoms with E-state index in [0.717, 1.165) is 5.92 Å². The SMILES string of the molecule is CCCCCCCCCCCCCCCCC(CCCCCCCC)C(C)(C)OC. The Kier molecular flexibility index (Phi) is 22.1. The number of hydrogen-bond acceptors (Lipinski definition) is 1. The summed E-state index contributed by atoms with van der Waals surface area (Å²) in [6.45, 7) is 9.21. The molecule has 1 atom stereocenters. The number of unbranched alkanes of at least 4 members (excludes halogenated alkanes) is 18. The standard InChI is InChI=1S/C29H60O/c1-6-8-10-12-14-15-16-17-18-19-20-21-23-25-27-28(29(3,4)30-5)26-24-22-13-11-9-7-2/h28H,6-27H2,1-5H3. The van der Waals surface area contributed by atoms with Crippen molar-refractivity contribution in [3.05, 3.63) is 0 Å². The first-order valence-corrected chi connectivity index (χ1v) is 14.1. The summed E-state index contributed by atoms with van der Waals surface area (Å²) in [5.74, 6) is 0.728. The number of methoxy groups -OCH3 is 1. The van der Waals surface area contributed by atoms with Crippen LogP contribution < -0.4 is 0 Å². The van der Waals surface area contributed by atoms with Crippen molar-refractivity contribution in [2.75, 3.05) is 7.11 Å². The summed E-state index contributed by atoms with van der Waals surface area (Å²) in [6.07, 6.45) is 31.3. The molecule has 30 heavy (non-hydrogen) atoms. The van der Waals surface area contributed by atoms with Crippen LogP contribution in [0.3, 0.4) is 0 Å². The first kappa shape index (κ1) is 30.0. The van der Waals surface area contributed by atoms with Crippen molar-refractivity contribution in [2.24, 2.45) is 5.92 Å². The van der Waals surface area contributed by atoms with E-state index in [-0.39, 0.29) is 5.60 Å². The first-order valence-electron chi connectivity index (χ1n) is 14.1. The van der Waals surface area contributed by atoms with E-state index in [2.05, 4.69) is 27.7 Å². The smallest absolute Gasteiger partial charge is 0.0650 e. The van der Waals surface area contributed by atoms with Gasteiger partial charge in [0.1, 0.15) is 0 Å². The molecule has 0 aromatic heterocycles. The molecular formula is C29H60O. The second kappa shape index (κ2) is 22.2. The van der Waals surface area contributed by atoms with E-state index in [1.807, 2.05) is 7.11 Å². The van der Waals surface area contributed by atoms with Crippen molar-refractivity contribution in [1.82, 2.24) is 0 Å². The molecule has 0 aliphatic rings. The molecule has 0 radical (unpaired) electrons. The van der Waals surface area contributed by atoms with Gasteiger partial charge in [-0.05, 0) is 32.6 Å². The van der Waals surface area contributed by atoms with Crippen LogP contribution >= 0.6 is 0 Å². The Labute approximate surface area is 192 Å². The van der Waals surface area contributed by atoms with Gasteiger partial charge in [0.25, 0.3) is 0 Å². The monoisotopic (exact) mass is 424 g/mol. The van der Waals surface area contributed by atoms with Gasteiger partial charge in [-0.15, -0.1) is 0 Å². The molecule has 0 bridgehead atoms. The molecular weight excluding hydrogens is 364 g/mol. The highest BCUT2D eigenvalue weighted by atomic mass is 16.5. The molecule has 0 heterocycles. The number of rotatable bonds is 24. The fourth-order valence-electron chi connectivity index (χ4n) is 4.76. The third-order valence-corrected chi connectivity index (χ3v) is 7.32. The van der Waals surface area contributed by atoms with E-state index in [9.17, 15) is 0 Å². The predicted molar refractivity (Wildman–Crippen MR) is 138 cm³/mol. The molecule has 1 heteroatoms. The second-order valence-corrected chi connectivity index (χ2v) is 10.4. The predicted octanol–water partition coefficient (Wildman–Crippen LogP) is 10.6.